The van der Waals surface area contributed by atoms with Crippen molar-refractivity contribution < 1.29 is 14.4 Å². The first-order chi connectivity index (χ1) is 11.5. The lowest BCUT2D eigenvalue weighted by molar-refractivity contribution is -0.119. The highest BCUT2D eigenvalue weighted by molar-refractivity contribution is 6.13. The summed E-state index contributed by atoms with van der Waals surface area (Å²) in [6.07, 6.45) is 6.96. The molecule has 3 aliphatic carbocycles. The smallest absolute Gasteiger partial charge is 0.313 e. The molecule has 0 saturated heterocycles. The number of carbonyl (C=O) groups is 2. The third kappa shape index (κ3) is 2.33. The summed E-state index contributed by atoms with van der Waals surface area (Å²) in [6.45, 7) is 3.83. The lowest BCUT2D eigenvalue weighted by Gasteiger charge is -2.30. The van der Waals surface area contributed by atoms with Crippen LogP contribution in [0.3, 0.4) is 0 Å². The van der Waals surface area contributed by atoms with Gasteiger partial charge in [-0.05, 0) is 55.9 Å². The van der Waals surface area contributed by atoms with Crippen molar-refractivity contribution in [3.8, 4) is 0 Å². The minimum atomic E-state index is -0.470. The predicted octanol–water partition coefficient (Wildman–Crippen LogP) is 3.48. The average molecular weight is 321 g/mol. The van der Waals surface area contributed by atoms with Gasteiger partial charge in [0.1, 0.15) is 0 Å². The van der Waals surface area contributed by atoms with Gasteiger partial charge in [-0.25, -0.2) is 4.79 Å². The van der Waals surface area contributed by atoms with E-state index in [9.17, 15) is 9.59 Å². The van der Waals surface area contributed by atoms with Crippen LogP contribution < -0.4 is 0 Å². The van der Waals surface area contributed by atoms with E-state index in [0.717, 1.165) is 23.3 Å². The normalized spacial score (nSPS) is 32.0. The zero-order valence-electron chi connectivity index (χ0n) is 13.7. The molecule has 3 aliphatic rings. The van der Waals surface area contributed by atoms with Crippen LogP contribution in [-0.4, -0.2) is 17.5 Å². The third-order valence-corrected chi connectivity index (χ3v) is 5.38. The van der Waals surface area contributed by atoms with Crippen molar-refractivity contribution in [1.29, 1.82) is 0 Å². The lowest BCUT2D eigenvalue weighted by Crippen LogP contribution is -2.37. The number of hydrogen-bond donors (Lipinski definition) is 0. The summed E-state index contributed by atoms with van der Waals surface area (Å²) in [5, 5.41) is 4.17. The molecule has 1 saturated carbocycles. The maximum absolute atomic E-state index is 12.3. The molecule has 0 spiro atoms. The van der Waals surface area contributed by atoms with Crippen LogP contribution in [0.25, 0.3) is 0 Å². The van der Waals surface area contributed by atoms with E-state index in [1.165, 1.54) is 0 Å². The summed E-state index contributed by atoms with van der Waals surface area (Å²) in [4.78, 5) is 29.7. The number of ketones is 1. The Kier molecular flexibility index (Phi) is 3.48. The fourth-order valence-corrected chi connectivity index (χ4v) is 4.20. The van der Waals surface area contributed by atoms with Crippen LogP contribution in [0.1, 0.15) is 29.3 Å². The zero-order chi connectivity index (χ0) is 16.8. The van der Waals surface area contributed by atoms with Crippen LogP contribution in [0.15, 0.2) is 53.2 Å². The quantitative estimate of drug-likeness (QED) is 0.476. The van der Waals surface area contributed by atoms with Crippen molar-refractivity contribution in [2.75, 3.05) is 0 Å². The molecule has 24 heavy (non-hydrogen) atoms. The molecular weight excluding hydrogens is 302 g/mol. The van der Waals surface area contributed by atoms with Gasteiger partial charge in [-0.1, -0.05) is 35.0 Å². The molecule has 4 rings (SSSR count). The standard InChI is InChI=1S/C20H19NO3/c1-11-3-5-13(6-4-11)20(23)24-21-19-12(2)9-16(22)17-14-7-8-15(10-14)18(17)19/h3-9,14-15,17-18H,10H2,1-2H3/b21-19+/t14-,15+,17+,18+/m0/s1. The van der Waals surface area contributed by atoms with Crippen molar-refractivity contribution in [2.24, 2.45) is 28.8 Å². The van der Waals surface area contributed by atoms with Gasteiger partial charge >= 0.3 is 5.97 Å². The first-order valence-corrected chi connectivity index (χ1v) is 8.31. The molecule has 0 aromatic heterocycles. The van der Waals surface area contributed by atoms with Gasteiger partial charge in [0.05, 0.1) is 11.3 Å². The van der Waals surface area contributed by atoms with E-state index in [-0.39, 0.29) is 17.6 Å². The summed E-state index contributed by atoms with van der Waals surface area (Å²) < 4.78 is 0. The van der Waals surface area contributed by atoms with Gasteiger partial charge in [-0.2, -0.15) is 0 Å². The molecule has 122 valence electrons. The Morgan fingerprint density at radius 1 is 1.08 bits per heavy atom. The first kappa shape index (κ1) is 15.1. The summed E-state index contributed by atoms with van der Waals surface area (Å²) in [6, 6.07) is 7.19. The van der Waals surface area contributed by atoms with Gasteiger partial charge in [0.25, 0.3) is 0 Å². The fourth-order valence-electron chi connectivity index (χ4n) is 4.20. The predicted molar refractivity (Wildman–Crippen MR) is 90.5 cm³/mol. The number of fused-ring (bicyclic) bond motifs is 5. The molecule has 0 aliphatic heterocycles. The van der Waals surface area contributed by atoms with Crippen LogP contribution in [0, 0.1) is 30.6 Å². The second-order valence-electron chi connectivity index (χ2n) is 6.95. The van der Waals surface area contributed by atoms with Crippen LogP contribution >= 0.6 is 0 Å². The Labute approximate surface area is 140 Å². The van der Waals surface area contributed by atoms with E-state index >= 15 is 0 Å². The Morgan fingerprint density at radius 3 is 2.46 bits per heavy atom. The second-order valence-corrected chi connectivity index (χ2v) is 6.95. The Balaban J connectivity index is 1.60. The van der Waals surface area contributed by atoms with Crippen molar-refractivity contribution in [3.63, 3.8) is 0 Å². The van der Waals surface area contributed by atoms with Gasteiger partial charge < -0.3 is 4.84 Å². The highest BCUT2D eigenvalue weighted by Crippen LogP contribution is 2.51. The number of nitrogens with zero attached hydrogens (tertiary/aromatic N) is 1. The maximum Gasteiger partial charge on any atom is 0.365 e. The van der Waals surface area contributed by atoms with E-state index in [0.29, 0.717) is 17.4 Å². The number of benzene rings is 1. The molecule has 1 aromatic carbocycles. The Hall–Kier alpha value is -2.49. The summed E-state index contributed by atoms with van der Waals surface area (Å²) in [7, 11) is 0. The summed E-state index contributed by atoms with van der Waals surface area (Å²) in [5.74, 6) is 0.337. The molecule has 2 bridgehead atoms. The van der Waals surface area contributed by atoms with Crippen LogP contribution in [0.5, 0.6) is 0 Å². The molecule has 4 atom stereocenters. The Morgan fingerprint density at radius 2 is 1.75 bits per heavy atom. The van der Waals surface area contributed by atoms with E-state index in [4.69, 9.17) is 4.84 Å². The molecule has 1 fully saturated rings. The van der Waals surface area contributed by atoms with Gasteiger partial charge in [-0.15, -0.1) is 0 Å². The number of aryl methyl sites for hydroxylation is 1. The summed E-state index contributed by atoms with van der Waals surface area (Å²) in [5.41, 5.74) is 3.11. The molecule has 0 N–H and O–H groups in total. The number of rotatable bonds is 2. The fraction of sp³-hybridized carbons (Fsp3) is 0.350. The van der Waals surface area contributed by atoms with Gasteiger partial charge in [0, 0.05) is 11.8 Å². The number of carbonyl (C=O) groups excluding carboxylic acids is 2. The van der Waals surface area contributed by atoms with Crippen LogP contribution in [-0.2, 0) is 9.63 Å². The maximum atomic E-state index is 12.3. The summed E-state index contributed by atoms with van der Waals surface area (Å²) >= 11 is 0. The third-order valence-electron chi connectivity index (χ3n) is 5.38. The van der Waals surface area contributed by atoms with Crippen molar-refractivity contribution in [2.45, 2.75) is 20.3 Å². The average Bonchev–Trinajstić information content (AvgIpc) is 3.16. The van der Waals surface area contributed by atoms with Crippen LogP contribution in [0.4, 0.5) is 0 Å². The second kappa shape index (κ2) is 5.55. The highest BCUT2D eigenvalue weighted by atomic mass is 16.7. The van der Waals surface area contributed by atoms with Gasteiger partial charge in [0.15, 0.2) is 5.78 Å². The topological polar surface area (TPSA) is 55.7 Å². The van der Waals surface area contributed by atoms with E-state index in [1.807, 2.05) is 26.0 Å². The largest absolute Gasteiger partial charge is 0.365 e. The van der Waals surface area contributed by atoms with E-state index in [1.54, 1.807) is 18.2 Å². The minimum absolute atomic E-state index is 0.0412. The molecule has 1 aromatic rings. The molecular formula is C20H19NO3. The van der Waals surface area contributed by atoms with Gasteiger partial charge in [-0.3, -0.25) is 4.79 Å². The van der Waals surface area contributed by atoms with E-state index < -0.39 is 5.97 Å². The lowest BCUT2D eigenvalue weighted by atomic mass is 9.72. The van der Waals surface area contributed by atoms with Crippen molar-refractivity contribution in [3.05, 3.63) is 59.2 Å². The highest BCUT2D eigenvalue weighted by Gasteiger charge is 2.51. The Bertz CT molecular complexity index is 801. The minimum Gasteiger partial charge on any atom is -0.313 e. The van der Waals surface area contributed by atoms with Crippen molar-refractivity contribution >= 4 is 17.5 Å². The number of oxime groups is 1. The van der Waals surface area contributed by atoms with Gasteiger partial charge in [0.2, 0.25) is 0 Å². The molecule has 4 heteroatoms. The molecule has 4 nitrogen and oxygen atoms in total. The SMILES string of the molecule is CC1=CC(=O)[C@@H]2[C@H](/C1=N/OC(=O)c1ccc(C)cc1)[C@@H]1C=C[C@H]2C1. The molecule has 0 radical (unpaired) electrons. The van der Waals surface area contributed by atoms with E-state index in [2.05, 4.69) is 17.3 Å². The number of allylic oxidation sites excluding steroid dienone is 4. The van der Waals surface area contributed by atoms with Crippen LogP contribution in [0.2, 0.25) is 0 Å². The van der Waals surface area contributed by atoms with Crippen molar-refractivity contribution in [1.82, 2.24) is 0 Å². The molecule has 0 heterocycles. The first-order valence-electron chi connectivity index (χ1n) is 8.31. The number of hydrogen-bond acceptors (Lipinski definition) is 4. The molecule has 0 unspecified atom stereocenters. The molecule has 0 amide bonds. The monoisotopic (exact) mass is 321 g/mol. The zero-order valence-corrected chi connectivity index (χ0v) is 13.7.